The van der Waals surface area contributed by atoms with E-state index >= 15 is 0 Å². The summed E-state index contributed by atoms with van der Waals surface area (Å²) >= 11 is 6.15. The van der Waals surface area contributed by atoms with Gasteiger partial charge in [0, 0.05) is 26.1 Å². The quantitative estimate of drug-likeness (QED) is 0.0654. The molecule has 0 aliphatic carbocycles. The van der Waals surface area contributed by atoms with Gasteiger partial charge in [-0.25, -0.2) is 4.57 Å². The van der Waals surface area contributed by atoms with Crippen molar-refractivity contribution in [1.29, 1.82) is 5.26 Å². The SMILES string of the molecule is CCCCCCCCCCCCCCCCCCOC[C@H](COP(=O)(OC)Oc1ccccc1Cl)OCc1cncc(C#N)c1. The Morgan fingerprint density at radius 1 is 0.867 bits per heavy atom. The second kappa shape index (κ2) is 25.2. The maximum atomic E-state index is 13.1. The van der Waals surface area contributed by atoms with E-state index in [0.29, 0.717) is 12.2 Å². The van der Waals surface area contributed by atoms with Crippen LogP contribution in [0, 0.1) is 11.3 Å². The zero-order valence-electron chi connectivity index (χ0n) is 27.4. The first kappa shape index (κ1) is 39.2. The number of aromatic nitrogens is 1. The van der Waals surface area contributed by atoms with Crippen molar-refractivity contribution in [1.82, 2.24) is 4.98 Å². The minimum atomic E-state index is -3.97. The summed E-state index contributed by atoms with van der Waals surface area (Å²) in [5.41, 5.74) is 1.18. The molecule has 0 spiro atoms. The number of phosphoric ester groups is 1. The van der Waals surface area contributed by atoms with E-state index in [2.05, 4.69) is 18.0 Å². The van der Waals surface area contributed by atoms with E-state index in [4.69, 9.17) is 39.9 Å². The highest BCUT2D eigenvalue weighted by molar-refractivity contribution is 7.48. The Labute approximate surface area is 276 Å². The number of hydrogen-bond acceptors (Lipinski definition) is 8. The number of pyridine rings is 1. The zero-order valence-corrected chi connectivity index (χ0v) is 29.1. The first-order valence-electron chi connectivity index (χ1n) is 16.8. The van der Waals surface area contributed by atoms with E-state index in [9.17, 15) is 4.57 Å². The normalized spacial score (nSPS) is 13.3. The number of nitrogens with zero attached hydrogens (tertiary/aromatic N) is 2. The first-order valence-corrected chi connectivity index (χ1v) is 18.6. The highest BCUT2D eigenvalue weighted by atomic mass is 35.5. The largest absolute Gasteiger partial charge is 0.529 e. The summed E-state index contributed by atoms with van der Waals surface area (Å²) < 4.78 is 41.3. The third kappa shape index (κ3) is 18.7. The lowest BCUT2D eigenvalue weighted by atomic mass is 10.0. The van der Waals surface area contributed by atoms with Gasteiger partial charge in [0.2, 0.25) is 0 Å². The van der Waals surface area contributed by atoms with Crippen LogP contribution in [0.15, 0.2) is 42.7 Å². The van der Waals surface area contributed by atoms with Gasteiger partial charge in [-0.1, -0.05) is 127 Å². The van der Waals surface area contributed by atoms with Crippen molar-refractivity contribution >= 4 is 19.4 Å². The molecule has 1 aromatic carbocycles. The maximum absolute atomic E-state index is 13.1. The number of halogens is 1. The first-order chi connectivity index (χ1) is 22.0. The molecular weight excluding hydrogens is 611 g/mol. The number of para-hydroxylation sites is 1. The molecule has 2 atom stereocenters. The molecule has 252 valence electrons. The number of ether oxygens (including phenoxy) is 2. The molecule has 0 aliphatic rings. The minimum Gasteiger partial charge on any atom is -0.402 e. The van der Waals surface area contributed by atoms with Crippen LogP contribution in [-0.4, -0.2) is 38.0 Å². The van der Waals surface area contributed by atoms with Crippen molar-refractivity contribution in [3.05, 3.63) is 58.9 Å². The number of benzene rings is 1. The smallest absolute Gasteiger partial charge is 0.402 e. The highest BCUT2D eigenvalue weighted by Gasteiger charge is 2.29. The lowest BCUT2D eigenvalue weighted by molar-refractivity contribution is -0.0496. The highest BCUT2D eigenvalue weighted by Crippen LogP contribution is 2.50. The van der Waals surface area contributed by atoms with Crippen molar-refractivity contribution in [2.45, 2.75) is 122 Å². The van der Waals surface area contributed by atoms with Crippen LogP contribution < -0.4 is 4.52 Å². The molecule has 1 unspecified atom stereocenters. The molecular formula is C35H54ClN2O6P. The van der Waals surface area contributed by atoms with Crippen LogP contribution in [0.4, 0.5) is 0 Å². The summed E-state index contributed by atoms with van der Waals surface area (Å²) in [5, 5.41) is 9.45. The molecule has 1 aromatic heterocycles. The predicted octanol–water partition coefficient (Wildman–Crippen LogP) is 10.6. The third-order valence-corrected chi connectivity index (χ3v) is 9.19. The van der Waals surface area contributed by atoms with Crippen LogP contribution in [0.25, 0.3) is 0 Å². The van der Waals surface area contributed by atoms with Gasteiger partial charge in [0.1, 0.15) is 17.9 Å². The van der Waals surface area contributed by atoms with Crippen LogP contribution in [0.1, 0.15) is 121 Å². The van der Waals surface area contributed by atoms with Crippen LogP contribution in [0.3, 0.4) is 0 Å². The van der Waals surface area contributed by atoms with Crippen molar-refractivity contribution in [2.75, 3.05) is 26.9 Å². The van der Waals surface area contributed by atoms with Crippen molar-refractivity contribution in [3.8, 4) is 11.8 Å². The summed E-state index contributed by atoms with van der Waals surface area (Å²) in [6.45, 7) is 3.19. The van der Waals surface area contributed by atoms with Crippen LogP contribution in [-0.2, 0) is 29.7 Å². The molecule has 2 aromatic rings. The van der Waals surface area contributed by atoms with Crippen molar-refractivity contribution in [3.63, 3.8) is 0 Å². The Balaban J connectivity index is 1.65. The van der Waals surface area contributed by atoms with E-state index in [1.54, 1.807) is 36.5 Å². The molecule has 45 heavy (non-hydrogen) atoms. The maximum Gasteiger partial charge on any atom is 0.529 e. The molecule has 0 saturated heterocycles. The van der Waals surface area contributed by atoms with Gasteiger partial charge in [-0.05, 0) is 30.2 Å². The van der Waals surface area contributed by atoms with Gasteiger partial charge in [-0.15, -0.1) is 0 Å². The van der Waals surface area contributed by atoms with Gasteiger partial charge in [0.05, 0.1) is 30.4 Å². The average Bonchev–Trinajstić information content (AvgIpc) is 3.06. The molecule has 0 N–H and O–H groups in total. The second-order valence-corrected chi connectivity index (χ2v) is 13.6. The number of phosphoric acid groups is 1. The Morgan fingerprint density at radius 2 is 1.47 bits per heavy atom. The fraction of sp³-hybridized carbons (Fsp3) is 0.657. The summed E-state index contributed by atoms with van der Waals surface area (Å²) in [4.78, 5) is 4.08. The van der Waals surface area contributed by atoms with Gasteiger partial charge < -0.3 is 14.0 Å². The topological polar surface area (TPSA) is 99.9 Å². The van der Waals surface area contributed by atoms with Gasteiger partial charge in [-0.2, -0.15) is 5.26 Å². The van der Waals surface area contributed by atoms with E-state index in [0.717, 1.165) is 18.4 Å². The van der Waals surface area contributed by atoms with Gasteiger partial charge in [0.15, 0.2) is 0 Å². The molecule has 0 saturated carbocycles. The fourth-order valence-corrected chi connectivity index (χ4v) is 6.09. The Morgan fingerprint density at radius 3 is 2.04 bits per heavy atom. The number of unbranched alkanes of at least 4 members (excludes halogenated alkanes) is 15. The Hall–Kier alpha value is -1.98. The number of rotatable bonds is 28. The minimum absolute atomic E-state index is 0.0973. The van der Waals surface area contributed by atoms with Gasteiger partial charge in [0.25, 0.3) is 0 Å². The summed E-state index contributed by atoms with van der Waals surface area (Å²) in [7, 11) is -2.71. The van der Waals surface area contributed by atoms with Gasteiger partial charge >= 0.3 is 7.82 Å². The average molecular weight is 665 g/mol. The van der Waals surface area contributed by atoms with Crippen molar-refractivity contribution < 1.29 is 27.6 Å². The molecule has 0 fully saturated rings. The van der Waals surface area contributed by atoms with Gasteiger partial charge in [-0.3, -0.25) is 14.0 Å². The number of nitriles is 1. The molecule has 0 aliphatic heterocycles. The number of hydrogen-bond donors (Lipinski definition) is 0. The van der Waals surface area contributed by atoms with Crippen molar-refractivity contribution in [2.24, 2.45) is 0 Å². The van der Waals surface area contributed by atoms with Crippen LogP contribution >= 0.6 is 19.4 Å². The second-order valence-electron chi connectivity index (χ2n) is 11.5. The standard InChI is InChI=1S/C35H54ClN2O6P/c1-3-4-5-6-7-8-9-10-11-12-13-14-15-16-17-20-23-41-29-33(42-28-32-24-31(25-37)26-38-27-32)30-43-45(39,40-2)44-35-22-19-18-21-34(35)36/h18-19,21-22,24,26-27,33H,3-17,20,23,28-30H2,1-2H3/t33-,45?/m1/s1. The molecule has 0 bridgehead atoms. The van der Waals surface area contributed by atoms with E-state index in [1.165, 1.54) is 103 Å². The van der Waals surface area contributed by atoms with Crippen LogP contribution in [0.5, 0.6) is 5.75 Å². The monoisotopic (exact) mass is 664 g/mol. The molecule has 0 radical (unpaired) electrons. The molecule has 10 heteroatoms. The lowest BCUT2D eigenvalue weighted by Crippen LogP contribution is -2.26. The molecule has 8 nitrogen and oxygen atoms in total. The fourth-order valence-electron chi connectivity index (χ4n) is 4.88. The van der Waals surface area contributed by atoms with E-state index < -0.39 is 13.9 Å². The lowest BCUT2D eigenvalue weighted by Gasteiger charge is -2.22. The van der Waals surface area contributed by atoms with E-state index in [-0.39, 0.29) is 30.6 Å². The summed E-state index contributed by atoms with van der Waals surface area (Å²) in [6.07, 6.45) is 23.7. The molecule has 1 heterocycles. The Kier molecular flexibility index (Phi) is 21.9. The zero-order chi connectivity index (χ0) is 32.4. The molecule has 0 amide bonds. The van der Waals surface area contributed by atoms with Crippen LogP contribution in [0.2, 0.25) is 5.02 Å². The van der Waals surface area contributed by atoms with E-state index in [1.807, 2.05) is 0 Å². The summed E-state index contributed by atoms with van der Waals surface area (Å²) in [6, 6.07) is 10.4. The summed E-state index contributed by atoms with van der Waals surface area (Å²) in [5.74, 6) is 0.195. The predicted molar refractivity (Wildman–Crippen MR) is 181 cm³/mol. The third-order valence-electron chi connectivity index (χ3n) is 7.54. The Bertz CT molecular complexity index is 1130. The molecule has 2 rings (SSSR count).